The van der Waals surface area contributed by atoms with Crippen LogP contribution in [0.5, 0.6) is 0 Å². The Kier molecular flexibility index (Phi) is 10.4. The van der Waals surface area contributed by atoms with Gasteiger partial charge in [-0.1, -0.05) is 27.7 Å². The minimum absolute atomic E-state index is 0.801. The predicted molar refractivity (Wildman–Crippen MR) is 44.7 cm³/mol. The van der Waals surface area contributed by atoms with Gasteiger partial charge in [0.2, 0.25) is 0 Å². The summed E-state index contributed by atoms with van der Waals surface area (Å²) < 4.78 is 0. The molecule has 0 aromatic heterocycles. The summed E-state index contributed by atoms with van der Waals surface area (Å²) in [4.78, 5) is 2.20. The Morgan fingerprint density at radius 3 is 1.44 bits per heavy atom. The molecule has 0 amide bonds. The number of rotatable bonds is 2. The Morgan fingerprint density at radius 1 is 1.11 bits per heavy atom. The quantitative estimate of drug-likeness (QED) is 0.555. The van der Waals surface area contributed by atoms with Gasteiger partial charge in [0.15, 0.2) is 0 Å². The van der Waals surface area contributed by atoms with Crippen molar-refractivity contribution in [3.05, 3.63) is 0 Å². The van der Waals surface area contributed by atoms with Crippen LogP contribution >= 0.6 is 0 Å². The molecule has 1 heteroatoms. The summed E-state index contributed by atoms with van der Waals surface area (Å²) in [7, 11) is 4.19. The fourth-order valence-corrected chi connectivity index (χ4v) is 0.730. The normalized spacial score (nSPS) is 9.33. The molecule has 1 nitrogen and oxygen atoms in total. The third kappa shape index (κ3) is 18.0. The molecule has 0 aliphatic carbocycles. The second-order valence-electron chi connectivity index (χ2n) is 2.66. The zero-order valence-corrected chi connectivity index (χ0v) is 7.73. The molecule has 0 aromatic carbocycles. The molecule has 58 valence electrons. The summed E-state index contributed by atoms with van der Waals surface area (Å²) in [6.45, 7) is 9.64. The van der Waals surface area contributed by atoms with Crippen LogP contribution in [-0.2, 0) is 0 Å². The van der Waals surface area contributed by atoms with E-state index in [9.17, 15) is 0 Å². The lowest BCUT2D eigenvalue weighted by atomic mass is 10.2. The molecule has 0 saturated heterocycles. The van der Waals surface area contributed by atoms with Crippen LogP contribution < -0.4 is 0 Å². The molecule has 0 saturated carbocycles. The smallest absolute Gasteiger partial charge is 0.000172 e. The van der Waals surface area contributed by atoms with E-state index < -0.39 is 0 Å². The summed E-state index contributed by atoms with van der Waals surface area (Å²) in [6, 6.07) is 0. The molecule has 0 aliphatic rings. The van der Waals surface area contributed by atoms with Crippen molar-refractivity contribution < 1.29 is 0 Å². The van der Waals surface area contributed by atoms with Crippen molar-refractivity contribution in [3.63, 3.8) is 0 Å². The van der Waals surface area contributed by atoms with Crippen LogP contribution in [-0.4, -0.2) is 25.5 Å². The van der Waals surface area contributed by atoms with Gasteiger partial charge in [0.05, 0.1) is 0 Å². The maximum atomic E-state index is 2.22. The maximum Gasteiger partial charge on any atom is -0.000172 e. The standard InChI is InChI=1S/C6H15N.C2H6/c1-6(2)5-7(3)4;1-2/h6H,5H2,1-4H3;1-2H3. The molecule has 0 aliphatic heterocycles. The van der Waals surface area contributed by atoms with Crippen LogP contribution in [0.4, 0.5) is 0 Å². The Bertz CT molecular complexity index is 33.8. The molecular weight excluding hydrogens is 110 g/mol. The number of hydrogen-bond donors (Lipinski definition) is 0. The summed E-state index contributed by atoms with van der Waals surface area (Å²) in [5.74, 6) is 0.801. The van der Waals surface area contributed by atoms with Gasteiger partial charge in [-0.2, -0.15) is 0 Å². The van der Waals surface area contributed by atoms with Crippen LogP contribution in [0, 0.1) is 5.92 Å². The monoisotopic (exact) mass is 131 g/mol. The van der Waals surface area contributed by atoms with Crippen molar-refractivity contribution >= 4 is 0 Å². The first-order valence-corrected chi connectivity index (χ1v) is 3.77. The van der Waals surface area contributed by atoms with E-state index in [-0.39, 0.29) is 0 Å². The molecule has 0 aromatic rings. The zero-order chi connectivity index (χ0) is 7.86. The topological polar surface area (TPSA) is 3.24 Å². The molecule has 0 atom stereocenters. The van der Waals surface area contributed by atoms with E-state index in [1.807, 2.05) is 13.8 Å². The van der Waals surface area contributed by atoms with Gasteiger partial charge in [0.1, 0.15) is 0 Å². The van der Waals surface area contributed by atoms with Crippen molar-refractivity contribution in [3.8, 4) is 0 Å². The van der Waals surface area contributed by atoms with Gasteiger partial charge >= 0.3 is 0 Å². The average molecular weight is 131 g/mol. The summed E-state index contributed by atoms with van der Waals surface area (Å²) >= 11 is 0. The molecule has 0 heterocycles. The second-order valence-corrected chi connectivity index (χ2v) is 2.66. The van der Waals surface area contributed by atoms with E-state index in [1.165, 1.54) is 6.54 Å². The highest BCUT2D eigenvalue weighted by atomic mass is 15.0. The van der Waals surface area contributed by atoms with Gasteiger partial charge < -0.3 is 4.90 Å². The van der Waals surface area contributed by atoms with Crippen molar-refractivity contribution in [2.24, 2.45) is 5.92 Å². The van der Waals surface area contributed by atoms with Gasteiger partial charge in [0.25, 0.3) is 0 Å². The van der Waals surface area contributed by atoms with Gasteiger partial charge in [-0.05, 0) is 26.6 Å². The van der Waals surface area contributed by atoms with Gasteiger partial charge in [-0.15, -0.1) is 0 Å². The van der Waals surface area contributed by atoms with Crippen LogP contribution in [0.15, 0.2) is 0 Å². The van der Waals surface area contributed by atoms with Crippen LogP contribution in [0.1, 0.15) is 27.7 Å². The maximum absolute atomic E-state index is 2.22. The third-order valence-corrected chi connectivity index (χ3v) is 0.730. The predicted octanol–water partition coefficient (Wildman–Crippen LogP) is 2.23. The minimum Gasteiger partial charge on any atom is -0.309 e. The van der Waals surface area contributed by atoms with Gasteiger partial charge in [-0.25, -0.2) is 0 Å². The zero-order valence-electron chi connectivity index (χ0n) is 7.73. The van der Waals surface area contributed by atoms with E-state index in [4.69, 9.17) is 0 Å². The lowest BCUT2D eigenvalue weighted by Crippen LogP contribution is -2.17. The van der Waals surface area contributed by atoms with Crippen LogP contribution in [0.3, 0.4) is 0 Å². The molecule has 0 bridgehead atoms. The molecule has 9 heavy (non-hydrogen) atoms. The SMILES string of the molecule is CC.CC(C)CN(C)C. The lowest BCUT2D eigenvalue weighted by Gasteiger charge is -2.10. The fourth-order valence-electron chi connectivity index (χ4n) is 0.730. The Morgan fingerprint density at radius 2 is 1.44 bits per heavy atom. The van der Waals surface area contributed by atoms with E-state index >= 15 is 0 Å². The summed E-state index contributed by atoms with van der Waals surface area (Å²) in [5, 5.41) is 0. The third-order valence-electron chi connectivity index (χ3n) is 0.730. The van der Waals surface area contributed by atoms with Crippen molar-refractivity contribution in [2.75, 3.05) is 20.6 Å². The molecule has 0 N–H and O–H groups in total. The summed E-state index contributed by atoms with van der Waals surface area (Å²) in [6.07, 6.45) is 0. The molecule has 0 fully saturated rings. The van der Waals surface area contributed by atoms with Gasteiger partial charge in [0, 0.05) is 0 Å². The Balaban J connectivity index is 0. The highest BCUT2D eigenvalue weighted by molar-refractivity contribution is 4.46. The van der Waals surface area contributed by atoms with E-state index in [1.54, 1.807) is 0 Å². The van der Waals surface area contributed by atoms with Gasteiger partial charge in [-0.3, -0.25) is 0 Å². The van der Waals surface area contributed by atoms with E-state index in [0.29, 0.717) is 0 Å². The molecule has 0 spiro atoms. The first kappa shape index (κ1) is 11.7. The Labute approximate surface area is 60.1 Å². The van der Waals surface area contributed by atoms with E-state index in [0.717, 1.165) is 5.92 Å². The van der Waals surface area contributed by atoms with Crippen LogP contribution in [0.25, 0.3) is 0 Å². The highest BCUT2D eigenvalue weighted by Crippen LogP contribution is 1.90. The molecular formula is C8H21N. The molecule has 0 unspecified atom stereocenters. The average Bonchev–Trinajstić information content (AvgIpc) is 1.68. The van der Waals surface area contributed by atoms with Crippen molar-refractivity contribution in [1.82, 2.24) is 4.90 Å². The molecule has 0 radical (unpaired) electrons. The second kappa shape index (κ2) is 7.96. The number of hydrogen-bond acceptors (Lipinski definition) is 1. The first-order chi connectivity index (χ1) is 4.13. The Hall–Kier alpha value is -0.0400. The van der Waals surface area contributed by atoms with Crippen molar-refractivity contribution in [2.45, 2.75) is 27.7 Å². The minimum atomic E-state index is 0.801. The summed E-state index contributed by atoms with van der Waals surface area (Å²) in [5.41, 5.74) is 0. The largest absolute Gasteiger partial charge is 0.309 e. The fraction of sp³-hybridized carbons (Fsp3) is 1.00. The van der Waals surface area contributed by atoms with E-state index in [2.05, 4.69) is 32.8 Å². The van der Waals surface area contributed by atoms with Crippen molar-refractivity contribution in [1.29, 1.82) is 0 Å². The lowest BCUT2D eigenvalue weighted by molar-refractivity contribution is 0.354. The highest BCUT2D eigenvalue weighted by Gasteiger charge is 1.92. The van der Waals surface area contributed by atoms with Crippen LogP contribution in [0.2, 0.25) is 0 Å². The first-order valence-electron chi connectivity index (χ1n) is 3.77. The molecule has 0 rings (SSSR count). The number of nitrogens with zero attached hydrogens (tertiary/aromatic N) is 1.